The molecule has 0 atom stereocenters. The van der Waals surface area contributed by atoms with Crippen LogP contribution in [0.25, 0.3) is 5.57 Å². The third kappa shape index (κ3) is 3.01. The average molecular weight is 238 g/mol. The van der Waals surface area contributed by atoms with Crippen LogP contribution in [0.2, 0.25) is 0 Å². The quantitative estimate of drug-likeness (QED) is 0.823. The molecule has 18 heavy (non-hydrogen) atoms. The fraction of sp³-hybridized carbons (Fsp3) is 0.176. The molecule has 0 unspecified atom stereocenters. The number of hydrogen-bond acceptors (Lipinski definition) is 1. The summed E-state index contributed by atoms with van der Waals surface area (Å²) in [5.74, 6) is 0.307. The van der Waals surface area contributed by atoms with Crippen molar-refractivity contribution in [2.75, 3.05) is 0 Å². The molecule has 0 bridgehead atoms. The minimum absolute atomic E-state index is 0.307. The number of rotatable bonds is 4. The van der Waals surface area contributed by atoms with Gasteiger partial charge in [0, 0.05) is 0 Å². The van der Waals surface area contributed by atoms with Crippen LogP contribution in [0, 0.1) is 0 Å². The first-order valence-corrected chi connectivity index (χ1v) is 6.36. The van der Waals surface area contributed by atoms with Crippen LogP contribution in [0.4, 0.5) is 0 Å². The Balaban J connectivity index is 2.40. The number of benzene rings is 2. The van der Waals surface area contributed by atoms with Gasteiger partial charge in [0.15, 0.2) is 0 Å². The number of hydrogen-bond donors (Lipinski definition) is 1. The van der Waals surface area contributed by atoms with E-state index < -0.39 is 0 Å². The smallest absolute Gasteiger partial charge is 0.115 e. The highest BCUT2D eigenvalue weighted by molar-refractivity contribution is 5.79. The van der Waals surface area contributed by atoms with Crippen LogP contribution in [0.3, 0.4) is 0 Å². The minimum Gasteiger partial charge on any atom is -0.508 e. The Hall–Kier alpha value is -2.02. The molecule has 2 rings (SSSR count). The summed E-state index contributed by atoms with van der Waals surface area (Å²) in [5, 5.41) is 9.37. The van der Waals surface area contributed by atoms with Gasteiger partial charge in [-0.3, -0.25) is 0 Å². The Morgan fingerprint density at radius 1 is 0.944 bits per heavy atom. The van der Waals surface area contributed by atoms with Gasteiger partial charge in [-0.15, -0.1) is 0 Å². The second-order valence-electron chi connectivity index (χ2n) is 4.32. The molecule has 1 heteroatoms. The zero-order chi connectivity index (χ0) is 12.8. The number of unbranched alkanes of at least 4 members (excludes halogenated alkanes) is 1. The summed E-state index contributed by atoms with van der Waals surface area (Å²) in [4.78, 5) is 0. The standard InChI is InChI=1S/C17H18O/c1-2-3-9-17(14-7-5-4-6-8-14)15-10-12-16(18)13-11-15/h4-13,18H,2-3H2,1H3/b17-9+. The van der Waals surface area contributed by atoms with Gasteiger partial charge in [0.25, 0.3) is 0 Å². The van der Waals surface area contributed by atoms with E-state index in [2.05, 4.69) is 37.3 Å². The van der Waals surface area contributed by atoms with Crippen molar-refractivity contribution in [1.29, 1.82) is 0 Å². The van der Waals surface area contributed by atoms with Crippen LogP contribution in [-0.2, 0) is 0 Å². The molecule has 2 aromatic rings. The highest BCUT2D eigenvalue weighted by Gasteiger charge is 2.04. The maximum absolute atomic E-state index is 9.37. The van der Waals surface area contributed by atoms with Crippen molar-refractivity contribution in [3.05, 3.63) is 71.8 Å². The highest BCUT2D eigenvalue weighted by Crippen LogP contribution is 2.25. The molecule has 0 aliphatic heterocycles. The Bertz CT molecular complexity index is 509. The molecular weight excluding hydrogens is 220 g/mol. The first-order valence-electron chi connectivity index (χ1n) is 6.36. The summed E-state index contributed by atoms with van der Waals surface area (Å²) in [7, 11) is 0. The van der Waals surface area contributed by atoms with Crippen molar-refractivity contribution >= 4 is 5.57 Å². The molecule has 0 saturated carbocycles. The second kappa shape index (κ2) is 6.06. The Labute approximate surface area is 108 Å². The minimum atomic E-state index is 0.307. The fourth-order valence-corrected chi connectivity index (χ4v) is 1.95. The van der Waals surface area contributed by atoms with Gasteiger partial charge in [0.2, 0.25) is 0 Å². The van der Waals surface area contributed by atoms with E-state index in [0.29, 0.717) is 5.75 Å². The van der Waals surface area contributed by atoms with E-state index in [4.69, 9.17) is 0 Å². The van der Waals surface area contributed by atoms with Crippen molar-refractivity contribution < 1.29 is 5.11 Å². The van der Waals surface area contributed by atoms with E-state index in [9.17, 15) is 5.11 Å². The normalized spacial score (nSPS) is 11.5. The predicted molar refractivity (Wildman–Crippen MR) is 76.5 cm³/mol. The van der Waals surface area contributed by atoms with Crippen LogP contribution in [0.15, 0.2) is 60.7 Å². The molecule has 1 N–H and O–H groups in total. The Morgan fingerprint density at radius 3 is 2.17 bits per heavy atom. The van der Waals surface area contributed by atoms with E-state index in [-0.39, 0.29) is 0 Å². The van der Waals surface area contributed by atoms with Crippen molar-refractivity contribution in [2.45, 2.75) is 19.8 Å². The average Bonchev–Trinajstić information content (AvgIpc) is 2.42. The first kappa shape index (κ1) is 12.4. The van der Waals surface area contributed by atoms with Gasteiger partial charge in [-0.05, 0) is 35.3 Å². The lowest BCUT2D eigenvalue weighted by Gasteiger charge is -2.08. The second-order valence-corrected chi connectivity index (χ2v) is 4.32. The molecule has 0 spiro atoms. The summed E-state index contributed by atoms with van der Waals surface area (Å²) in [5.41, 5.74) is 3.60. The zero-order valence-electron chi connectivity index (χ0n) is 10.6. The van der Waals surface area contributed by atoms with E-state index in [1.165, 1.54) is 11.1 Å². The molecule has 0 aliphatic rings. The number of aromatic hydroxyl groups is 1. The molecule has 2 aromatic carbocycles. The summed E-state index contributed by atoms with van der Waals surface area (Å²) in [6.45, 7) is 2.18. The van der Waals surface area contributed by atoms with E-state index in [1.807, 2.05) is 18.2 Å². The van der Waals surface area contributed by atoms with Gasteiger partial charge in [-0.25, -0.2) is 0 Å². The lowest BCUT2D eigenvalue weighted by Crippen LogP contribution is -1.87. The maximum Gasteiger partial charge on any atom is 0.115 e. The predicted octanol–water partition coefficient (Wildman–Crippen LogP) is 4.62. The number of allylic oxidation sites excluding steroid dienone is 1. The molecule has 0 aliphatic carbocycles. The van der Waals surface area contributed by atoms with Gasteiger partial charge < -0.3 is 5.11 Å². The topological polar surface area (TPSA) is 20.2 Å². The van der Waals surface area contributed by atoms with Crippen LogP contribution >= 0.6 is 0 Å². The van der Waals surface area contributed by atoms with Gasteiger partial charge in [-0.2, -0.15) is 0 Å². The summed E-state index contributed by atoms with van der Waals surface area (Å²) < 4.78 is 0. The molecule has 0 saturated heterocycles. The zero-order valence-corrected chi connectivity index (χ0v) is 10.6. The van der Waals surface area contributed by atoms with Gasteiger partial charge >= 0.3 is 0 Å². The van der Waals surface area contributed by atoms with Crippen LogP contribution in [-0.4, -0.2) is 5.11 Å². The van der Waals surface area contributed by atoms with Gasteiger partial charge in [0.1, 0.15) is 5.75 Å². The Morgan fingerprint density at radius 2 is 1.56 bits per heavy atom. The van der Waals surface area contributed by atoms with Crippen LogP contribution < -0.4 is 0 Å². The van der Waals surface area contributed by atoms with Gasteiger partial charge in [-0.1, -0.05) is 61.9 Å². The highest BCUT2D eigenvalue weighted by atomic mass is 16.3. The van der Waals surface area contributed by atoms with E-state index in [1.54, 1.807) is 12.1 Å². The molecule has 0 fully saturated rings. The Kier molecular flexibility index (Phi) is 4.19. The molecule has 1 nitrogen and oxygen atoms in total. The molecule has 0 aromatic heterocycles. The molecule has 0 heterocycles. The lowest BCUT2D eigenvalue weighted by atomic mass is 9.96. The van der Waals surface area contributed by atoms with Crippen LogP contribution in [0.5, 0.6) is 5.75 Å². The fourth-order valence-electron chi connectivity index (χ4n) is 1.95. The molecule has 0 amide bonds. The third-order valence-electron chi connectivity index (χ3n) is 2.90. The third-order valence-corrected chi connectivity index (χ3v) is 2.90. The summed E-state index contributed by atoms with van der Waals surface area (Å²) in [6.07, 6.45) is 4.46. The van der Waals surface area contributed by atoms with Crippen molar-refractivity contribution in [2.24, 2.45) is 0 Å². The summed E-state index contributed by atoms with van der Waals surface area (Å²) >= 11 is 0. The first-order chi connectivity index (χ1) is 8.81. The van der Waals surface area contributed by atoms with Crippen LogP contribution in [0.1, 0.15) is 30.9 Å². The molecule has 92 valence electrons. The van der Waals surface area contributed by atoms with Gasteiger partial charge in [0.05, 0.1) is 0 Å². The van der Waals surface area contributed by atoms with E-state index in [0.717, 1.165) is 18.4 Å². The number of phenolic OH excluding ortho intramolecular Hbond substituents is 1. The maximum atomic E-state index is 9.37. The van der Waals surface area contributed by atoms with Crippen molar-refractivity contribution in [3.63, 3.8) is 0 Å². The summed E-state index contributed by atoms with van der Waals surface area (Å²) in [6, 6.07) is 17.8. The molecule has 0 radical (unpaired) electrons. The lowest BCUT2D eigenvalue weighted by molar-refractivity contribution is 0.475. The van der Waals surface area contributed by atoms with Crippen molar-refractivity contribution in [1.82, 2.24) is 0 Å². The monoisotopic (exact) mass is 238 g/mol. The largest absolute Gasteiger partial charge is 0.508 e. The number of phenols is 1. The molecular formula is C17H18O. The van der Waals surface area contributed by atoms with Crippen molar-refractivity contribution in [3.8, 4) is 5.75 Å². The van der Waals surface area contributed by atoms with E-state index >= 15 is 0 Å². The SMILES string of the molecule is CCC/C=C(\c1ccccc1)c1ccc(O)cc1.